The largest absolute Gasteiger partial charge is 0.497 e. The first-order valence-electron chi connectivity index (χ1n) is 7.24. The summed E-state index contributed by atoms with van der Waals surface area (Å²) in [7, 11) is 3.14. The van der Waals surface area contributed by atoms with Crippen molar-refractivity contribution in [2.24, 2.45) is 0 Å². The zero-order chi connectivity index (χ0) is 15.2. The van der Waals surface area contributed by atoms with Crippen LogP contribution in [-0.2, 0) is 15.3 Å². The van der Waals surface area contributed by atoms with E-state index < -0.39 is 0 Å². The number of methoxy groups -OCH3 is 2. The predicted molar refractivity (Wildman–Crippen MR) is 85.7 cm³/mol. The first kappa shape index (κ1) is 16.2. The van der Waals surface area contributed by atoms with E-state index in [0.29, 0.717) is 5.25 Å². The van der Waals surface area contributed by atoms with E-state index >= 15 is 0 Å². The Balaban J connectivity index is 1.87. The molecule has 0 aliphatic carbocycles. The van der Waals surface area contributed by atoms with Gasteiger partial charge in [0.15, 0.2) is 0 Å². The number of ether oxygens (including phenoxy) is 2. The molecule has 1 aromatic rings. The van der Waals surface area contributed by atoms with Crippen LogP contribution in [0.2, 0.25) is 0 Å². The number of nitrogens with zero attached hydrogens (tertiary/aromatic N) is 1. The molecule has 0 radical (unpaired) electrons. The SMILES string of the molecule is CCN1C[C@@H](SCc2ccc(OC)cc2)C[C@H]1C(=O)OC. The second-order valence-electron chi connectivity index (χ2n) is 5.14. The van der Waals surface area contributed by atoms with Crippen LogP contribution in [0.1, 0.15) is 18.9 Å². The summed E-state index contributed by atoms with van der Waals surface area (Å²) in [5.74, 6) is 1.73. The van der Waals surface area contributed by atoms with Gasteiger partial charge in [-0.15, -0.1) is 0 Å². The van der Waals surface area contributed by atoms with Gasteiger partial charge in [0.2, 0.25) is 0 Å². The molecule has 1 fully saturated rings. The molecule has 0 N–H and O–H groups in total. The summed E-state index contributed by atoms with van der Waals surface area (Å²) in [5.41, 5.74) is 1.28. The Bertz CT molecular complexity index is 463. The number of benzene rings is 1. The molecule has 4 nitrogen and oxygen atoms in total. The number of carbonyl (C=O) groups excluding carboxylic acids is 1. The van der Waals surface area contributed by atoms with E-state index in [0.717, 1.165) is 31.0 Å². The van der Waals surface area contributed by atoms with Crippen molar-refractivity contribution in [2.75, 3.05) is 27.3 Å². The van der Waals surface area contributed by atoms with Crippen LogP contribution in [0, 0.1) is 0 Å². The second kappa shape index (κ2) is 7.71. The van der Waals surface area contributed by atoms with Crippen LogP contribution in [-0.4, -0.2) is 49.5 Å². The third-order valence-corrected chi connectivity index (χ3v) is 5.20. The number of carbonyl (C=O) groups is 1. The Kier molecular flexibility index (Phi) is 5.94. The van der Waals surface area contributed by atoms with Gasteiger partial charge in [0, 0.05) is 17.5 Å². The van der Waals surface area contributed by atoms with E-state index in [9.17, 15) is 4.79 Å². The molecule has 0 aromatic heterocycles. The highest BCUT2D eigenvalue weighted by molar-refractivity contribution is 7.99. The van der Waals surface area contributed by atoms with Gasteiger partial charge in [-0.1, -0.05) is 19.1 Å². The van der Waals surface area contributed by atoms with Crippen LogP contribution in [0.4, 0.5) is 0 Å². The van der Waals surface area contributed by atoms with Crippen LogP contribution in [0.25, 0.3) is 0 Å². The van der Waals surface area contributed by atoms with Gasteiger partial charge in [-0.25, -0.2) is 0 Å². The van der Waals surface area contributed by atoms with Gasteiger partial charge in [0.05, 0.1) is 14.2 Å². The number of esters is 1. The Morgan fingerprint density at radius 2 is 2.05 bits per heavy atom. The molecule has 1 aromatic carbocycles. The van der Waals surface area contributed by atoms with E-state index in [2.05, 4.69) is 24.0 Å². The number of thioether (sulfide) groups is 1. The van der Waals surface area contributed by atoms with Gasteiger partial charge in [0.1, 0.15) is 11.8 Å². The van der Waals surface area contributed by atoms with Gasteiger partial charge >= 0.3 is 5.97 Å². The second-order valence-corrected chi connectivity index (χ2v) is 6.43. The van der Waals surface area contributed by atoms with E-state index in [1.165, 1.54) is 12.7 Å². The molecule has 116 valence electrons. The van der Waals surface area contributed by atoms with Crippen LogP contribution in [0.3, 0.4) is 0 Å². The third-order valence-electron chi connectivity index (χ3n) is 3.89. The Labute approximate surface area is 130 Å². The van der Waals surface area contributed by atoms with Crippen molar-refractivity contribution >= 4 is 17.7 Å². The summed E-state index contributed by atoms with van der Waals surface area (Å²) >= 11 is 1.91. The molecule has 0 amide bonds. The highest BCUT2D eigenvalue weighted by Crippen LogP contribution is 2.30. The summed E-state index contributed by atoms with van der Waals surface area (Å²) in [6.07, 6.45) is 0.876. The van der Waals surface area contributed by atoms with Crippen LogP contribution in [0.15, 0.2) is 24.3 Å². The molecule has 0 bridgehead atoms. The third kappa shape index (κ3) is 4.14. The molecule has 1 aliphatic rings. The lowest BCUT2D eigenvalue weighted by atomic mass is 10.2. The molecule has 1 saturated heterocycles. The van der Waals surface area contributed by atoms with Crippen LogP contribution in [0.5, 0.6) is 5.75 Å². The van der Waals surface area contributed by atoms with Gasteiger partial charge < -0.3 is 9.47 Å². The lowest BCUT2D eigenvalue weighted by Crippen LogP contribution is -2.36. The van der Waals surface area contributed by atoms with Crippen molar-refractivity contribution in [1.29, 1.82) is 0 Å². The van der Waals surface area contributed by atoms with Crippen molar-refractivity contribution in [3.8, 4) is 5.75 Å². The number of likely N-dealkylation sites (N-methyl/N-ethyl adjacent to an activating group) is 1. The number of hydrogen-bond acceptors (Lipinski definition) is 5. The molecule has 2 atom stereocenters. The number of hydrogen-bond donors (Lipinski definition) is 0. The standard InChI is InChI=1S/C16H23NO3S/c1-4-17-10-14(9-15(17)16(18)20-3)21-11-12-5-7-13(19-2)8-6-12/h5-8,14-15H,4,9-11H2,1-3H3/t14-,15-/m0/s1. The summed E-state index contributed by atoms with van der Waals surface area (Å²) in [4.78, 5) is 14.0. The van der Waals surface area contributed by atoms with E-state index in [1.54, 1.807) is 7.11 Å². The molecule has 0 saturated carbocycles. The fourth-order valence-corrected chi connectivity index (χ4v) is 3.88. The molecule has 5 heteroatoms. The summed E-state index contributed by atoms with van der Waals surface area (Å²) in [5, 5.41) is 0.483. The average Bonchev–Trinajstić information content (AvgIpc) is 2.96. The average molecular weight is 309 g/mol. The van der Waals surface area contributed by atoms with Gasteiger partial charge in [-0.2, -0.15) is 11.8 Å². The fraction of sp³-hybridized carbons (Fsp3) is 0.562. The molecular formula is C16H23NO3S. The molecule has 0 unspecified atom stereocenters. The van der Waals surface area contributed by atoms with Gasteiger partial charge in [0.25, 0.3) is 0 Å². The smallest absolute Gasteiger partial charge is 0.323 e. The lowest BCUT2D eigenvalue weighted by molar-refractivity contribution is -0.145. The highest BCUT2D eigenvalue weighted by atomic mass is 32.2. The summed E-state index contributed by atoms with van der Waals surface area (Å²) < 4.78 is 10.1. The monoisotopic (exact) mass is 309 g/mol. The van der Waals surface area contributed by atoms with Crippen molar-refractivity contribution < 1.29 is 14.3 Å². The van der Waals surface area contributed by atoms with E-state index in [-0.39, 0.29) is 12.0 Å². The first-order valence-corrected chi connectivity index (χ1v) is 8.29. The maximum Gasteiger partial charge on any atom is 0.323 e. The fourth-order valence-electron chi connectivity index (χ4n) is 2.65. The minimum Gasteiger partial charge on any atom is -0.497 e. The molecule has 21 heavy (non-hydrogen) atoms. The molecule has 0 spiro atoms. The topological polar surface area (TPSA) is 38.8 Å². The quantitative estimate of drug-likeness (QED) is 0.755. The lowest BCUT2D eigenvalue weighted by Gasteiger charge is -2.19. The van der Waals surface area contributed by atoms with Crippen LogP contribution < -0.4 is 4.74 Å². The van der Waals surface area contributed by atoms with Crippen molar-refractivity contribution in [3.05, 3.63) is 29.8 Å². The minimum absolute atomic E-state index is 0.0756. The Morgan fingerprint density at radius 1 is 1.33 bits per heavy atom. The summed E-state index contributed by atoms with van der Waals surface area (Å²) in [6, 6.07) is 8.08. The molecule has 2 rings (SSSR count). The highest BCUT2D eigenvalue weighted by Gasteiger charge is 2.36. The zero-order valence-electron chi connectivity index (χ0n) is 12.9. The van der Waals surface area contributed by atoms with Gasteiger partial charge in [-0.05, 0) is 30.7 Å². The molecular weight excluding hydrogens is 286 g/mol. The van der Waals surface area contributed by atoms with Crippen LogP contribution >= 0.6 is 11.8 Å². The normalized spacial score (nSPS) is 22.2. The van der Waals surface area contributed by atoms with Crippen molar-refractivity contribution in [2.45, 2.75) is 30.4 Å². The van der Waals surface area contributed by atoms with Gasteiger partial charge in [-0.3, -0.25) is 9.69 Å². The number of rotatable bonds is 6. The summed E-state index contributed by atoms with van der Waals surface area (Å²) in [6.45, 7) is 3.93. The van der Waals surface area contributed by atoms with Crippen molar-refractivity contribution in [3.63, 3.8) is 0 Å². The van der Waals surface area contributed by atoms with E-state index in [1.807, 2.05) is 23.9 Å². The first-order chi connectivity index (χ1) is 10.2. The Morgan fingerprint density at radius 3 is 2.62 bits per heavy atom. The maximum atomic E-state index is 11.8. The van der Waals surface area contributed by atoms with Crippen molar-refractivity contribution in [1.82, 2.24) is 4.90 Å². The predicted octanol–water partition coefficient (Wildman–Crippen LogP) is 2.56. The minimum atomic E-state index is -0.107. The maximum absolute atomic E-state index is 11.8. The Hall–Kier alpha value is -1.20. The van der Waals surface area contributed by atoms with E-state index in [4.69, 9.17) is 9.47 Å². The molecule has 1 aliphatic heterocycles. The molecule has 1 heterocycles. The zero-order valence-corrected chi connectivity index (χ0v) is 13.7. The number of likely N-dealkylation sites (tertiary alicyclic amines) is 1.